The Morgan fingerprint density at radius 1 is 1.36 bits per heavy atom. The predicted molar refractivity (Wildman–Crippen MR) is 88.2 cm³/mol. The summed E-state index contributed by atoms with van der Waals surface area (Å²) >= 11 is 0. The van der Waals surface area contributed by atoms with Crippen molar-refractivity contribution in [3.05, 3.63) is 23.4 Å². The van der Waals surface area contributed by atoms with E-state index in [4.69, 9.17) is 4.74 Å². The molecular formula is C17H27N3O2. The van der Waals surface area contributed by atoms with Gasteiger partial charge in [-0.05, 0) is 52.2 Å². The van der Waals surface area contributed by atoms with E-state index in [9.17, 15) is 4.79 Å². The second-order valence-electron chi connectivity index (χ2n) is 7.07. The molecule has 0 saturated carbocycles. The van der Waals surface area contributed by atoms with Gasteiger partial charge in [-0.15, -0.1) is 0 Å². The van der Waals surface area contributed by atoms with Crippen LogP contribution in [-0.2, 0) is 4.74 Å². The fraction of sp³-hybridized carbons (Fsp3) is 0.647. The van der Waals surface area contributed by atoms with Crippen molar-refractivity contribution in [2.75, 3.05) is 25.5 Å². The van der Waals surface area contributed by atoms with E-state index in [1.165, 1.54) is 0 Å². The first kappa shape index (κ1) is 16.6. The third-order valence-electron chi connectivity index (χ3n) is 3.81. The first-order chi connectivity index (χ1) is 10.2. The van der Waals surface area contributed by atoms with Crippen molar-refractivity contribution >= 4 is 11.9 Å². The number of hydrogen-bond acceptors (Lipinski definition) is 4. The van der Waals surface area contributed by atoms with Crippen molar-refractivity contribution in [1.82, 2.24) is 9.88 Å². The summed E-state index contributed by atoms with van der Waals surface area (Å²) in [5, 5.41) is 0. The maximum atomic E-state index is 12.4. The molecule has 0 N–H and O–H groups in total. The van der Waals surface area contributed by atoms with Gasteiger partial charge in [-0.25, -0.2) is 9.78 Å². The first-order valence-corrected chi connectivity index (χ1v) is 7.83. The van der Waals surface area contributed by atoms with Crippen LogP contribution in [-0.4, -0.2) is 42.2 Å². The standard InChI is InChI=1S/C17H27N3O2/c1-12-13(9-10-15(18-12)19(5)6)14-8-7-11-20(14)16(21)22-17(2,3)4/h9-10,14H,7-8,11H2,1-6H3. The Hall–Kier alpha value is -1.78. The summed E-state index contributed by atoms with van der Waals surface area (Å²) in [6.45, 7) is 8.44. The Labute approximate surface area is 133 Å². The molecule has 0 spiro atoms. The Balaban J connectivity index is 2.22. The molecule has 122 valence electrons. The lowest BCUT2D eigenvalue weighted by molar-refractivity contribution is 0.0224. The molecule has 22 heavy (non-hydrogen) atoms. The minimum Gasteiger partial charge on any atom is -0.444 e. The molecule has 1 aliphatic heterocycles. The van der Waals surface area contributed by atoms with Crippen LogP contribution in [0.3, 0.4) is 0 Å². The number of aromatic nitrogens is 1. The lowest BCUT2D eigenvalue weighted by Crippen LogP contribution is -2.36. The van der Waals surface area contributed by atoms with Gasteiger partial charge in [0.2, 0.25) is 0 Å². The minimum absolute atomic E-state index is 0.0681. The molecule has 1 aliphatic rings. The van der Waals surface area contributed by atoms with E-state index in [2.05, 4.69) is 11.1 Å². The van der Waals surface area contributed by atoms with E-state index in [0.717, 1.165) is 36.5 Å². The minimum atomic E-state index is -0.466. The van der Waals surface area contributed by atoms with Gasteiger partial charge in [-0.1, -0.05) is 6.07 Å². The number of pyridine rings is 1. The number of ether oxygens (including phenoxy) is 1. The highest BCUT2D eigenvalue weighted by Gasteiger charge is 2.34. The molecule has 1 saturated heterocycles. The molecule has 2 heterocycles. The number of hydrogen-bond donors (Lipinski definition) is 0. The molecule has 0 radical (unpaired) electrons. The fourth-order valence-electron chi connectivity index (χ4n) is 2.79. The molecule has 1 aromatic rings. The van der Waals surface area contributed by atoms with Crippen LogP contribution in [0.5, 0.6) is 0 Å². The third kappa shape index (κ3) is 3.70. The van der Waals surface area contributed by atoms with Gasteiger partial charge in [0.05, 0.1) is 6.04 Å². The van der Waals surface area contributed by atoms with Crippen LogP contribution in [0, 0.1) is 6.92 Å². The van der Waals surface area contributed by atoms with Crippen LogP contribution in [0.2, 0.25) is 0 Å². The smallest absolute Gasteiger partial charge is 0.410 e. The van der Waals surface area contributed by atoms with Gasteiger partial charge in [-0.3, -0.25) is 0 Å². The molecule has 5 nitrogen and oxygen atoms in total. The molecule has 0 aromatic carbocycles. The number of carbonyl (C=O) groups excluding carboxylic acids is 1. The monoisotopic (exact) mass is 305 g/mol. The largest absolute Gasteiger partial charge is 0.444 e. The number of likely N-dealkylation sites (tertiary alicyclic amines) is 1. The van der Waals surface area contributed by atoms with Crippen LogP contribution in [0.25, 0.3) is 0 Å². The quantitative estimate of drug-likeness (QED) is 0.838. The zero-order chi connectivity index (χ0) is 16.5. The fourth-order valence-corrected chi connectivity index (χ4v) is 2.79. The van der Waals surface area contributed by atoms with Gasteiger partial charge in [0, 0.05) is 26.3 Å². The SMILES string of the molecule is Cc1nc(N(C)C)ccc1C1CCCN1C(=O)OC(C)(C)C. The van der Waals surface area contributed by atoms with Crippen molar-refractivity contribution in [2.24, 2.45) is 0 Å². The Kier molecular flexibility index (Phi) is 4.63. The summed E-state index contributed by atoms with van der Waals surface area (Å²) in [5.41, 5.74) is 1.63. The molecule has 5 heteroatoms. The summed E-state index contributed by atoms with van der Waals surface area (Å²) in [6.07, 6.45) is 1.73. The molecule has 1 atom stereocenters. The van der Waals surface area contributed by atoms with Crippen LogP contribution in [0.15, 0.2) is 12.1 Å². The lowest BCUT2D eigenvalue weighted by atomic mass is 10.0. The van der Waals surface area contributed by atoms with E-state index < -0.39 is 5.60 Å². The molecule has 2 rings (SSSR count). The van der Waals surface area contributed by atoms with Gasteiger partial charge < -0.3 is 14.5 Å². The van der Waals surface area contributed by atoms with Gasteiger partial charge in [0.1, 0.15) is 11.4 Å². The summed E-state index contributed by atoms with van der Waals surface area (Å²) in [6, 6.07) is 4.16. The summed E-state index contributed by atoms with van der Waals surface area (Å²) in [5.74, 6) is 0.933. The highest BCUT2D eigenvalue weighted by atomic mass is 16.6. The Morgan fingerprint density at radius 2 is 2.05 bits per heavy atom. The van der Waals surface area contributed by atoms with Crippen molar-refractivity contribution < 1.29 is 9.53 Å². The van der Waals surface area contributed by atoms with Gasteiger partial charge in [-0.2, -0.15) is 0 Å². The second kappa shape index (κ2) is 6.15. The molecule has 1 amide bonds. The van der Waals surface area contributed by atoms with Crippen LogP contribution in [0.4, 0.5) is 10.6 Å². The van der Waals surface area contributed by atoms with E-state index in [-0.39, 0.29) is 12.1 Å². The average molecular weight is 305 g/mol. The summed E-state index contributed by atoms with van der Waals surface area (Å²) in [7, 11) is 3.95. The maximum Gasteiger partial charge on any atom is 0.410 e. The normalized spacial score (nSPS) is 18.5. The third-order valence-corrected chi connectivity index (χ3v) is 3.81. The van der Waals surface area contributed by atoms with Gasteiger partial charge in [0.15, 0.2) is 0 Å². The molecule has 1 aromatic heterocycles. The van der Waals surface area contributed by atoms with E-state index >= 15 is 0 Å². The van der Waals surface area contributed by atoms with Gasteiger partial charge >= 0.3 is 6.09 Å². The average Bonchev–Trinajstić information content (AvgIpc) is 2.85. The van der Waals surface area contributed by atoms with Crippen molar-refractivity contribution in [3.8, 4) is 0 Å². The number of amides is 1. The van der Waals surface area contributed by atoms with Crippen LogP contribution in [0.1, 0.15) is 50.9 Å². The summed E-state index contributed by atoms with van der Waals surface area (Å²) < 4.78 is 5.53. The van der Waals surface area contributed by atoms with Crippen molar-refractivity contribution in [3.63, 3.8) is 0 Å². The van der Waals surface area contributed by atoms with E-state index in [0.29, 0.717) is 0 Å². The lowest BCUT2D eigenvalue weighted by Gasteiger charge is -2.29. The molecule has 0 bridgehead atoms. The zero-order valence-corrected chi connectivity index (χ0v) is 14.5. The van der Waals surface area contributed by atoms with Crippen molar-refractivity contribution in [1.29, 1.82) is 0 Å². The number of rotatable bonds is 2. The Bertz CT molecular complexity index is 549. The highest BCUT2D eigenvalue weighted by molar-refractivity contribution is 5.69. The number of anilines is 1. The van der Waals surface area contributed by atoms with Crippen LogP contribution >= 0.6 is 0 Å². The zero-order valence-electron chi connectivity index (χ0n) is 14.5. The predicted octanol–water partition coefficient (Wildman–Crippen LogP) is 3.53. The summed E-state index contributed by atoms with van der Waals surface area (Å²) in [4.78, 5) is 20.9. The molecular weight excluding hydrogens is 278 g/mol. The first-order valence-electron chi connectivity index (χ1n) is 7.83. The molecule has 1 fully saturated rings. The number of aryl methyl sites for hydroxylation is 1. The number of nitrogens with zero attached hydrogens (tertiary/aromatic N) is 3. The van der Waals surface area contributed by atoms with Gasteiger partial charge in [0.25, 0.3) is 0 Å². The second-order valence-corrected chi connectivity index (χ2v) is 7.07. The number of carbonyl (C=O) groups is 1. The van der Waals surface area contributed by atoms with E-state index in [1.807, 2.05) is 57.7 Å². The topological polar surface area (TPSA) is 45.7 Å². The molecule has 0 aliphatic carbocycles. The van der Waals surface area contributed by atoms with Crippen LogP contribution < -0.4 is 4.90 Å². The Morgan fingerprint density at radius 3 is 2.59 bits per heavy atom. The van der Waals surface area contributed by atoms with Crippen molar-refractivity contribution in [2.45, 2.75) is 52.2 Å². The maximum absolute atomic E-state index is 12.4. The van der Waals surface area contributed by atoms with E-state index in [1.54, 1.807) is 0 Å². The molecule has 1 unspecified atom stereocenters. The highest BCUT2D eigenvalue weighted by Crippen LogP contribution is 2.34.